The number of nitrogens with two attached hydrogens (primary N) is 1. The minimum atomic E-state index is -0.233. The van der Waals surface area contributed by atoms with Crippen LogP contribution < -0.4 is 5.73 Å². The third kappa shape index (κ3) is 1.54. The molecule has 2 aromatic rings. The molecule has 74 valence electrons. The van der Waals surface area contributed by atoms with E-state index in [1.165, 1.54) is 0 Å². The van der Waals surface area contributed by atoms with Crippen molar-refractivity contribution in [2.24, 2.45) is 5.73 Å². The van der Waals surface area contributed by atoms with Gasteiger partial charge in [-0.15, -0.1) is 0 Å². The van der Waals surface area contributed by atoms with Gasteiger partial charge in [0.15, 0.2) is 11.6 Å². The van der Waals surface area contributed by atoms with Gasteiger partial charge in [-0.2, -0.15) is 4.98 Å². The van der Waals surface area contributed by atoms with Crippen LogP contribution >= 0.6 is 0 Å². The first-order chi connectivity index (χ1) is 6.66. The lowest BCUT2D eigenvalue weighted by Gasteiger charge is -1.92. The van der Waals surface area contributed by atoms with Gasteiger partial charge in [0, 0.05) is 0 Å². The highest BCUT2D eigenvalue weighted by Gasteiger charge is 2.13. The summed E-state index contributed by atoms with van der Waals surface area (Å²) in [5, 5.41) is 3.73. The topological polar surface area (TPSA) is 78.1 Å². The molecule has 2 rings (SSSR count). The van der Waals surface area contributed by atoms with E-state index in [0.717, 1.165) is 5.76 Å². The molecule has 0 aliphatic carbocycles. The highest BCUT2D eigenvalue weighted by molar-refractivity contribution is 5.44. The summed E-state index contributed by atoms with van der Waals surface area (Å²) in [6.07, 6.45) is 0. The summed E-state index contributed by atoms with van der Waals surface area (Å²) in [5.74, 6) is 2.22. The molecular formula is C9H11N3O2. The summed E-state index contributed by atoms with van der Waals surface area (Å²) in [4.78, 5) is 4.10. The standard InChI is InChI=1S/C9H11N3O2/c1-5-3-4-7(13-5)9-11-8(6(2)10)12-14-9/h3-4,6H,10H2,1-2H3. The predicted molar refractivity (Wildman–Crippen MR) is 49.3 cm³/mol. The maximum Gasteiger partial charge on any atom is 0.293 e. The molecule has 0 saturated carbocycles. The Morgan fingerprint density at radius 2 is 2.21 bits per heavy atom. The number of hydrogen-bond donors (Lipinski definition) is 1. The highest BCUT2D eigenvalue weighted by Crippen LogP contribution is 2.20. The summed E-state index contributed by atoms with van der Waals surface area (Å²) in [7, 11) is 0. The van der Waals surface area contributed by atoms with Crippen LogP contribution in [0.5, 0.6) is 0 Å². The Balaban J connectivity index is 2.33. The average Bonchev–Trinajstić information content (AvgIpc) is 2.70. The van der Waals surface area contributed by atoms with Crippen LogP contribution in [0.3, 0.4) is 0 Å². The van der Waals surface area contributed by atoms with Crippen molar-refractivity contribution in [3.05, 3.63) is 23.7 Å². The quantitative estimate of drug-likeness (QED) is 0.784. The van der Waals surface area contributed by atoms with Crippen molar-refractivity contribution < 1.29 is 8.94 Å². The monoisotopic (exact) mass is 193 g/mol. The lowest BCUT2D eigenvalue weighted by atomic mass is 10.3. The molecule has 5 heteroatoms. The molecule has 0 amide bonds. The van der Waals surface area contributed by atoms with Gasteiger partial charge >= 0.3 is 0 Å². The average molecular weight is 193 g/mol. The Hall–Kier alpha value is -1.62. The molecule has 5 nitrogen and oxygen atoms in total. The molecule has 0 aliphatic heterocycles. The van der Waals surface area contributed by atoms with Gasteiger partial charge in [-0.1, -0.05) is 5.16 Å². The Morgan fingerprint density at radius 3 is 2.71 bits per heavy atom. The van der Waals surface area contributed by atoms with Crippen molar-refractivity contribution in [1.29, 1.82) is 0 Å². The molecule has 2 aromatic heterocycles. The maximum atomic E-state index is 5.59. The zero-order valence-electron chi connectivity index (χ0n) is 8.02. The van der Waals surface area contributed by atoms with Crippen LogP contribution in [0.4, 0.5) is 0 Å². The summed E-state index contributed by atoms with van der Waals surface area (Å²) >= 11 is 0. The van der Waals surface area contributed by atoms with E-state index < -0.39 is 0 Å². The normalized spacial score (nSPS) is 13.1. The smallest absolute Gasteiger partial charge is 0.293 e. The van der Waals surface area contributed by atoms with E-state index in [4.69, 9.17) is 14.7 Å². The van der Waals surface area contributed by atoms with Gasteiger partial charge in [-0.05, 0) is 26.0 Å². The van der Waals surface area contributed by atoms with Gasteiger partial charge in [-0.3, -0.25) is 0 Å². The predicted octanol–water partition coefficient (Wildman–Crippen LogP) is 1.66. The Morgan fingerprint density at radius 1 is 1.43 bits per heavy atom. The number of nitrogens with zero attached hydrogens (tertiary/aromatic N) is 2. The lowest BCUT2D eigenvalue weighted by molar-refractivity contribution is 0.403. The van der Waals surface area contributed by atoms with Crippen LogP contribution in [0.15, 0.2) is 21.1 Å². The van der Waals surface area contributed by atoms with Crippen LogP contribution in [0.2, 0.25) is 0 Å². The zero-order chi connectivity index (χ0) is 10.1. The first-order valence-electron chi connectivity index (χ1n) is 4.33. The van der Waals surface area contributed by atoms with E-state index in [1.54, 1.807) is 13.0 Å². The number of aryl methyl sites for hydroxylation is 1. The van der Waals surface area contributed by atoms with Gasteiger partial charge in [0.25, 0.3) is 5.89 Å². The highest BCUT2D eigenvalue weighted by atomic mass is 16.5. The van der Waals surface area contributed by atoms with E-state index in [2.05, 4.69) is 10.1 Å². The third-order valence-electron chi connectivity index (χ3n) is 1.80. The van der Waals surface area contributed by atoms with Crippen molar-refractivity contribution in [2.45, 2.75) is 19.9 Å². The summed E-state index contributed by atoms with van der Waals surface area (Å²) in [5.41, 5.74) is 5.59. The van der Waals surface area contributed by atoms with Crippen molar-refractivity contribution in [2.75, 3.05) is 0 Å². The van der Waals surface area contributed by atoms with Crippen molar-refractivity contribution in [3.8, 4) is 11.7 Å². The second-order valence-electron chi connectivity index (χ2n) is 3.16. The fourth-order valence-corrected chi connectivity index (χ4v) is 1.07. The second-order valence-corrected chi connectivity index (χ2v) is 3.16. The zero-order valence-corrected chi connectivity index (χ0v) is 8.02. The van der Waals surface area contributed by atoms with E-state index in [-0.39, 0.29) is 6.04 Å². The Kier molecular flexibility index (Phi) is 2.09. The van der Waals surface area contributed by atoms with Gasteiger partial charge in [0.1, 0.15) is 5.76 Å². The molecule has 2 heterocycles. The first kappa shape index (κ1) is 8.96. The Labute approximate surface area is 80.9 Å². The molecule has 0 radical (unpaired) electrons. The van der Waals surface area contributed by atoms with Gasteiger partial charge in [0.05, 0.1) is 6.04 Å². The molecule has 1 atom stereocenters. The summed E-state index contributed by atoms with van der Waals surface area (Å²) < 4.78 is 10.3. The van der Waals surface area contributed by atoms with E-state index in [0.29, 0.717) is 17.5 Å². The number of aromatic nitrogens is 2. The van der Waals surface area contributed by atoms with Crippen molar-refractivity contribution in [1.82, 2.24) is 10.1 Å². The fraction of sp³-hybridized carbons (Fsp3) is 0.333. The largest absolute Gasteiger partial charge is 0.456 e. The van der Waals surface area contributed by atoms with Gasteiger partial charge in [-0.25, -0.2) is 0 Å². The van der Waals surface area contributed by atoms with Crippen LogP contribution in [-0.2, 0) is 0 Å². The molecule has 0 aliphatic rings. The first-order valence-corrected chi connectivity index (χ1v) is 4.33. The maximum absolute atomic E-state index is 5.59. The lowest BCUT2D eigenvalue weighted by Crippen LogP contribution is -2.06. The van der Waals surface area contributed by atoms with E-state index in [9.17, 15) is 0 Å². The second kappa shape index (κ2) is 3.26. The van der Waals surface area contributed by atoms with E-state index in [1.807, 2.05) is 13.0 Å². The van der Waals surface area contributed by atoms with E-state index >= 15 is 0 Å². The van der Waals surface area contributed by atoms with Crippen LogP contribution in [-0.4, -0.2) is 10.1 Å². The molecule has 0 fully saturated rings. The minimum Gasteiger partial charge on any atom is -0.456 e. The summed E-state index contributed by atoms with van der Waals surface area (Å²) in [6, 6.07) is 3.39. The summed E-state index contributed by atoms with van der Waals surface area (Å²) in [6.45, 7) is 3.65. The third-order valence-corrected chi connectivity index (χ3v) is 1.80. The molecule has 0 saturated heterocycles. The van der Waals surface area contributed by atoms with Crippen LogP contribution in [0.1, 0.15) is 24.6 Å². The number of rotatable bonds is 2. The minimum absolute atomic E-state index is 0.233. The Bertz CT molecular complexity index is 431. The van der Waals surface area contributed by atoms with Gasteiger partial charge < -0.3 is 14.7 Å². The van der Waals surface area contributed by atoms with Crippen molar-refractivity contribution in [3.63, 3.8) is 0 Å². The van der Waals surface area contributed by atoms with Crippen LogP contribution in [0, 0.1) is 6.92 Å². The molecular weight excluding hydrogens is 182 g/mol. The van der Waals surface area contributed by atoms with Crippen molar-refractivity contribution >= 4 is 0 Å². The molecule has 1 unspecified atom stereocenters. The molecule has 14 heavy (non-hydrogen) atoms. The van der Waals surface area contributed by atoms with Crippen LogP contribution in [0.25, 0.3) is 11.7 Å². The molecule has 2 N–H and O–H groups in total. The molecule has 0 spiro atoms. The number of hydrogen-bond acceptors (Lipinski definition) is 5. The molecule has 0 bridgehead atoms. The van der Waals surface area contributed by atoms with Gasteiger partial charge in [0.2, 0.25) is 0 Å². The SMILES string of the molecule is Cc1ccc(-c2nc(C(C)N)no2)o1. The molecule has 0 aromatic carbocycles. The fourth-order valence-electron chi connectivity index (χ4n) is 1.07. The number of furan rings is 1.